The van der Waals surface area contributed by atoms with E-state index in [1.165, 1.54) is 31.4 Å². The summed E-state index contributed by atoms with van der Waals surface area (Å²) in [6.45, 7) is 0. The third kappa shape index (κ3) is 4.10. The Bertz CT molecular complexity index is 777. The van der Waals surface area contributed by atoms with Gasteiger partial charge in [-0.3, -0.25) is 4.79 Å². The molecule has 0 radical (unpaired) electrons. The molecular formula is C15H10BrF3N2O3. The number of ether oxygens (including phenoxy) is 1. The van der Waals surface area contributed by atoms with Gasteiger partial charge in [-0.05, 0) is 30.3 Å². The highest BCUT2D eigenvalue weighted by molar-refractivity contribution is 9.10. The van der Waals surface area contributed by atoms with E-state index in [1.807, 2.05) is 0 Å². The van der Waals surface area contributed by atoms with E-state index < -0.39 is 23.6 Å². The van der Waals surface area contributed by atoms with Gasteiger partial charge < -0.3 is 10.1 Å². The van der Waals surface area contributed by atoms with Crippen molar-refractivity contribution in [3.8, 4) is 0 Å². The van der Waals surface area contributed by atoms with Crippen molar-refractivity contribution in [3.63, 3.8) is 0 Å². The molecule has 1 aromatic carbocycles. The van der Waals surface area contributed by atoms with Gasteiger partial charge in [0.2, 0.25) is 0 Å². The number of hydrogen-bond donors (Lipinski definition) is 1. The van der Waals surface area contributed by atoms with E-state index in [0.717, 1.165) is 12.3 Å². The molecule has 0 atom stereocenters. The second-order valence-corrected chi connectivity index (χ2v) is 5.42. The number of carbonyl (C=O) groups is 2. The van der Waals surface area contributed by atoms with Gasteiger partial charge in [-0.25, -0.2) is 9.78 Å². The van der Waals surface area contributed by atoms with Gasteiger partial charge in [0.1, 0.15) is 5.69 Å². The van der Waals surface area contributed by atoms with Crippen molar-refractivity contribution in [2.75, 3.05) is 12.4 Å². The van der Waals surface area contributed by atoms with E-state index in [0.29, 0.717) is 0 Å². The number of hydrogen-bond acceptors (Lipinski definition) is 4. The molecule has 1 N–H and O–H groups in total. The first-order valence-corrected chi connectivity index (χ1v) is 7.24. The van der Waals surface area contributed by atoms with E-state index in [2.05, 4.69) is 31.0 Å². The predicted molar refractivity (Wildman–Crippen MR) is 82.7 cm³/mol. The van der Waals surface area contributed by atoms with Crippen molar-refractivity contribution < 1.29 is 27.5 Å². The quantitative estimate of drug-likeness (QED) is 0.790. The van der Waals surface area contributed by atoms with Gasteiger partial charge in [-0.15, -0.1) is 0 Å². The van der Waals surface area contributed by atoms with Crippen LogP contribution in [0.5, 0.6) is 0 Å². The van der Waals surface area contributed by atoms with E-state index in [4.69, 9.17) is 0 Å². The number of nitrogens with zero attached hydrogens (tertiary/aromatic N) is 1. The van der Waals surface area contributed by atoms with Crippen LogP contribution in [-0.2, 0) is 10.9 Å². The minimum absolute atomic E-state index is 0.0112. The van der Waals surface area contributed by atoms with Crippen molar-refractivity contribution >= 4 is 33.5 Å². The van der Waals surface area contributed by atoms with Crippen LogP contribution in [0, 0.1) is 0 Å². The summed E-state index contributed by atoms with van der Waals surface area (Å²) in [6.07, 6.45) is -3.42. The number of carbonyl (C=O) groups excluding carboxylic acids is 2. The van der Waals surface area contributed by atoms with Crippen molar-refractivity contribution in [2.24, 2.45) is 0 Å². The van der Waals surface area contributed by atoms with Crippen LogP contribution in [0.2, 0.25) is 0 Å². The first-order valence-electron chi connectivity index (χ1n) is 6.45. The van der Waals surface area contributed by atoms with Crippen molar-refractivity contribution in [1.82, 2.24) is 4.98 Å². The number of esters is 1. The summed E-state index contributed by atoms with van der Waals surface area (Å²) in [5, 5.41) is 2.34. The summed E-state index contributed by atoms with van der Waals surface area (Å²) in [5.41, 5.74) is -0.830. The standard InChI is InChI=1S/C15H10BrF3N2O3/c1-24-14(23)12-5-2-8(7-20-12)13(22)21-9-3-4-11(16)10(6-9)15(17,18)19/h2-7H,1H3,(H,21,22). The van der Waals surface area contributed by atoms with E-state index in [-0.39, 0.29) is 21.4 Å². The number of methoxy groups -OCH3 is 1. The van der Waals surface area contributed by atoms with Crippen molar-refractivity contribution in [3.05, 3.63) is 57.8 Å². The smallest absolute Gasteiger partial charge is 0.417 e. The molecule has 0 unspecified atom stereocenters. The zero-order valence-corrected chi connectivity index (χ0v) is 13.7. The highest BCUT2D eigenvalue weighted by Crippen LogP contribution is 2.36. The monoisotopic (exact) mass is 402 g/mol. The summed E-state index contributed by atoms with van der Waals surface area (Å²) in [5.74, 6) is -1.32. The van der Waals surface area contributed by atoms with Crippen LogP contribution < -0.4 is 5.32 Å². The average Bonchev–Trinajstić information content (AvgIpc) is 2.55. The molecule has 2 aromatic rings. The lowest BCUT2D eigenvalue weighted by Gasteiger charge is -2.12. The largest absolute Gasteiger partial charge is 0.464 e. The Morgan fingerprint density at radius 2 is 1.92 bits per heavy atom. The Morgan fingerprint density at radius 1 is 1.21 bits per heavy atom. The lowest BCUT2D eigenvalue weighted by Crippen LogP contribution is -2.14. The number of nitrogens with one attached hydrogen (secondary N) is 1. The lowest BCUT2D eigenvalue weighted by molar-refractivity contribution is -0.138. The van der Waals surface area contributed by atoms with Crippen LogP contribution in [0.4, 0.5) is 18.9 Å². The van der Waals surface area contributed by atoms with E-state index in [9.17, 15) is 22.8 Å². The van der Waals surface area contributed by atoms with Crippen LogP contribution in [-0.4, -0.2) is 24.0 Å². The topological polar surface area (TPSA) is 68.3 Å². The molecule has 0 saturated heterocycles. The number of pyridine rings is 1. The summed E-state index contributed by atoms with van der Waals surface area (Å²) in [4.78, 5) is 27.1. The Hall–Kier alpha value is -2.42. The number of aromatic nitrogens is 1. The summed E-state index contributed by atoms with van der Waals surface area (Å²) in [7, 11) is 1.19. The highest BCUT2D eigenvalue weighted by atomic mass is 79.9. The number of anilines is 1. The highest BCUT2D eigenvalue weighted by Gasteiger charge is 2.33. The maximum Gasteiger partial charge on any atom is 0.417 e. The van der Waals surface area contributed by atoms with Gasteiger partial charge >= 0.3 is 12.1 Å². The molecule has 1 heterocycles. The fourth-order valence-electron chi connectivity index (χ4n) is 1.78. The Morgan fingerprint density at radius 3 is 2.46 bits per heavy atom. The van der Waals surface area contributed by atoms with Crippen molar-refractivity contribution in [1.29, 1.82) is 0 Å². The second kappa shape index (κ2) is 7.00. The molecule has 0 fully saturated rings. The van der Waals surface area contributed by atoms with E-state index >= 15 is 0 Å². The SMILES string of the molecule is COC(=O)c1ccc(C(=O)Nc2ccc(Br)c(C(F)(F)F)c2)cn1. The maximum absolute atomic E-state index is 12.8. The number of rotatable bonds is 3. The first-order chi connectivity index (χ1) is 11.2. The van der Waals surface area contributed by atoms with Gasteiger partial charge in [0, 0.05) is 16.4 Å². The number of halogens is 4. The van der Waals surface area contributed by atoms with Crippen LogP contribution in [0.1, 0.15) is 26.4 Å². The molecule has 0 spiro atoms. The Kier molecular flexibility index (Phi) is 5.23. The maximum atomic E-state index is 12.8. The van der Waals surface area contributed by atoms with Crippen LogP contribution in [0.3, 0.4) is 0 Å². The third-order valence-corrected chi connectivity index (χ3v) is 3.64. The predicted octanol–water partition coefficient (Wildman–Crippen LogP) is 3.90. The molecule has 0 aliphatic rings. The molecule has 0 aliphatic heterocycles. The molecule has 0 bridgehead atoms. The zero-order chi connectivity index (χ0) is 17.9. The Labute approximate surface area is 143 Å². The zero-order valence-electron chi connectivity index (χ0n) is 12.1. The molecule has 2 rings (SSSR count). The summed E-state index contributed by atoms with van der Waals surface area (Å²) in [6, 6.07) is 5.93. The van der Waals surface area contributed by atoms with Gasteiger partial charge in [0.05, 0.1) is 18.2 Å². The first kappa shape index (κ1) is 17.9. The number of amides is 1. The molecule has 5 nitrogen and oxygen atoms in total. The van der Waals surface area contributed by atoms with Crippen LogP contribution in [0.15, 0.2) is 41.0 Å². The second-order valence-electron chi connectivity index (χ2n) is 4.57. The lowest BCUT2D eigenvalue weighted by atomic mass is 10.2. The molecule has 1 aromatic heterocycles. The molecule has 24 heavy (non-hydrogen) atoms. The Balaban J connectivity index is 2.19. The summed E-state index contributed by atoms with van der Waals surface area (Å²) < 4.78 is 42.9. The minimum atomic E-state index is -4.55. The summed E-state index contributed by atoms with van der Waals surface area (Å²) >= 11 is 2.82. The number of benzene rings is 1. The van der Waals surface area contributed by atoms with E-state index in [1.54, 1.807) is 0 Å². The molecule has 1 amide bonds. The molecule has 126 valence electrons. The molecular weight excluding hydrogens is 393 g/mol. The minimum Gasteiger partial charge on any atom is -0.464 e. The van der Waals surface area contributed by atoms with Gasteiger partial charge in [0.15, 0.2) is 0 Å². The number of alkyl halides is 3. The molecule has 0 saturated carbocycles. The normalized spacial score (nSPS) is 11.0. The van der Waals surface area contributed by atoms with Gasteiger partial charge in [-0.1, -0.05) is 15.9 Å². The molecule has 9 heteroatoms. The third-order valence-electron chi connectivity index (χ3n) is 2.95. The molecule has 0 aliphatic carbocycles. The average molecular weight is 403 g/mol. The van der Waals surface area contributed by atoms with Crippen LogP contribution in [0.25, 0.3) is 0 Å². The van der Waals surface area contributed by atoms with Crippen LogP contribution >= 0.6 is 15.9 Å². The fourth-order valence-corrected chi connectivity index (χ4v) is 2.25. The van der Waals surface area contributed by atoms with Gasteiger partial charge in [-0.2, -0.15) is 13.2 Å². The van der Waals surface area contributed by atoms with Crippen molar-refractivity contribution in [2.45, 2.75) is 6.18 Å². The fraction of sp³-hybridized carbons (Fsp3) is 0.133. The van der Waals surface area contributed by atoms with Gasteiger partial charge in [0.25, 0.3) is 5.91 Å².